The third-order valence-corrected chi connectivity index (χ3v) is 9.39. The van der Waals surface area contributed by atoms with E-state index in [2.05, 4.69) is 21.1 Å². The molecular weight excluding hydrogens is 662 g/mol. The Hall–Kier alpha value is -4.45. The van der Waals surface area contributed by atoms with Crippen LogP contribution in [-0.2, 0) is 35.4 Å². The average molecular weight is 708 g/mol. The van der Waals surface area contributed by atoms with Crippen LogP contribution in [0, 0.1) is 12.3 Å². The van der Waals surface area contributed by atoms with Crippen LogP contribution >= 0.6 is 11.6 Å². The Balaban J connectivity index is 1.38. The minimum Gasteiger partial charge on any atom is -0.445 e. The van der Waals surface area contributed by atoms with E-state index in [9.17, 15) is 24.0 Å². The summed E-state index contributed by atoms with van der Waals surface area (Å²) in [6.07, 6.45) is 1.97. The van der Waals surface area contributed by atoms with Crippen molar-refractivity contribution in [2.45, 2.75) is 110 Å². The predicted octanol–water partition coefficient (Wildman–Crippen LogP) is 4.59. The van der Waals surface area contributed by atoms with Gasteiger partial charge in [0.05, 0.1) is 18.3 Å². The molecule has 268 valence electrons. The number of likely N-dealkylation sites (tertiary alicyclic amines) is 1. The standard InChI is InChI=1S/C37H46ClN5O7/c1-6-9-27(30(44)33(46)39-26-14-15-26)40-32(45)29-19-37(18-28(42-50-37)24-12-8-13-25(38)17-24)21-43(29)34(47)31(36(3,4)5)41-35(48)49-20-23-11-7-10-22(2)16-23/h7-8,10-13,16-17,26-27,29,31H,6,9,14-15,18-21H2,1-5H3,(H,39,46)(H,40,45)(H,41,48)/t27-,29-,31+,37+/m0/s1. The lowest BCUT2D eigenvalue weighted by Crippen LogP contribution is -2.59. The quantitative estimate of drug-likeness (QED) is 0.273. The van der Waals surface area contributed by atoms with Crippen molar-refractivity contribution in [2.75, 3.05) is 6.54 Å². The summed E-state index contributed by atoms with van der Waals surface area (Å²) in [6, 6.07) is 11.4. The molecule has 1 spiro atoms. The van der Waals surface area contributed by atoms with E-state index in [4.69, 9.17) is 21.2 Å². The van der Waals surface area contributed by atoms with Gasteiger partial charge in [0.15, 0.2) is 5.60 Å². The van der Waals surface area contributed by atoms with Crippen molar-refractivity contribution in [1.82, 2.24) is 20.9 Å². The summed E-state index contributed by atoms with van der Waals surface area (Å²) in [5.74, 6) is -2.59. The van der Waals surface area contributed by atoms with Gasteiger partial charge in [0.25, 0.3) is 5.91 Å². The van der Waals surface area contributed by atoms with Gasteiger partial charge in [-0.05, 0) is 49.3 Å². The third-order valence-electron chi connectivity index (χ3n) is 9.16. The van der Waals surface area contributed by atoms with Crippen LogP contribution in [0.15, 0.2) is 53.7 Å². The molecule has 2 aliphatic heterocycles. The highest BCUT2D eigenvalue weighted by molar-refractivity contribution is 6.38. The number of hydrogen-bond donors (Lipinski definition) is 3. The van der Waals surface area contributed by atoms with Gasteiger partial charge in [-0.1, -0.05) is 92.8 Å². The fourth-order valence-corrected chi connectivity index (χ4v) is 6.54. The van der Waals surface area contributed by atoms with Crippen LogP contribution in [0.5, 0.6) is 0 Å². The van der Waals surface area contributed by atoms with Crippen LogP contribution < -0.4 is 16.0 Å². The second-order valence-electron chi connectivity index (χ2n) is 14.7. The lowest BCUT2D eigenvalue weighted by molar-refractivity contribution is -0.144. The molecule has 5 rings (SSSR count). The van der Waals surface area contributed by atoms with Crippen LogP contribution in [0.4, 0.5) is 4.79 Å². The first-order valence-electron chi connectivity index (χ1n) is 17.1. The summed E-state index contributed by atoms with van der Waals surface area (Å²) < 4.78 is 5.49. The predicted molar refractivity (Wildman–Crippen MR) is 187 cm³/mol. The maximum absolute atomic E-state index is 14.5. The minimum absolute atomic E-state index is 0.00898. The Morgan fingerprint density at radius 1 is 1.08 bits per heavy atom. The van der Waals surface area contributed by atoms with Gasteiger partial charge in [-0.2, -0.15) is 0 Å². The summed E-state index contributed by atoms with van der Waals surface area (Å²) in [6.45, 7) is 9.19. The second kappa shape index (κ2) is 15.2. The zero-order valence-corrected chi connectivity index (χ0v) is 30.0. The van der Waals surface area contributed by atoms with Gasteiger partial charge in [-0.3, -0.25) is 19.2 Å². The highest BCUT2D eigenvalue weighted by Gasteiger charge is 2.55. The highest BCUT2D eigenvalue weighted by Crippen LogP contribution is 2.40. The second-order valence-corrected chi connectivity index (χ2v) is 15.1. The van der Waals surface area contributed by atoms with Crippen molar-refractivity contribution in [1.29, 1.82) is 0 Å². The van der Waals surface area contributed by atoms with E-state index < -0.39 is 58.7 Å². The average Bonchev–Trinajstić information content (AvgIpc) is 3.66. The van der Waals surface area contributed by atoms with E-state index in [1.807, 2.05) is 44.2 Å². The molecule has 0 bridgehead atoms. The van der Waals surface area contributed by atoms with Crippen LogP contribution in [0.3, 0.4) is 0 Å². The number of benzene rings is 2. The highest BCUT2D eigenvalue weighted by atomic mass is 35.5. The number of halogens is 1. The molecule has 0 aromatic heterocycles. The van der Waals surface area contributed by atoms with Gasteiger partial charge >= 0.3 is 6.09 Å². The molecule has 0 radical (unpaired) electrons. The minimum atomic E-state index is -1.09. The Labute approximate surface area is 297 Å². The number of nitrogens with zero attached hydrogens (tertiary/aromatic N) is 2. The Bertz CT molecular complexity index is 1670. The molecule has 2 aromatic rings. The van der Waals surface area contributed by atoms with Crippen molar-refractivity contribution in [2.24, 2.45) is 10.6 Å². The Kier molecular flexibility index (Phi) is 11.2. The molecule has 1 saturated heterocycles. The van der Waals surface area contributed by atoms with Gasteiger partial charge in [-0.15, -0.1) is 0 Å². The van der Waals surface area contributed by atoms with Gasteiger partial charge < -0.3 is 30.4 Å². The van der Waals surface area contributed by atoms with E-state index in [-0.39, 0.29) is 38.5 Å². The molecule has 0 unspecified atom stereocenters. The molecule has 13 heteroatoms. The SMILES string of the molecule is CCC[C@H](NC(=O)[C@@H]1C[C@]2(CC(c3cccc(Cl)c3)=NO2)CN1C(=O)[C@@H](NC(=O)OCc1cccc(C)c1)C(C)(C)C)C(=O)C(=O)NC1CC1. The lowest BCUT2D eigenvalue weighted by Gasteiger charge is -2.35. The number of ether oxygens (including phenoxy) is 1. The van der Waals surface area contributed by atoms with Crippen LogP contribution in [0.25, 0.3) is 0 Å². The first-order chi connectivity index (χ1) is 23.7. The first-order valence-corrected chi connectivity index (χ1v) is 17.5. The smallest absolute Gasteiger partial charge is 0.408 e. The molecule has 3 aliphatic rings. The summed E-state index contributed by atoms with van der Waals surface area (Å²) in [4.78, 5) is 75.0. The summed E-state index contributed by atoms with van der Waals surface area (Å²) in [7, 11) is 0. The molecule has 2 fully saturated rings. The largest absolute Gasteiger partial charge is 0.445 e. The number of alkyl carbamates (subject to hydrolysis) is 1. The van der Waals surface area contributed by atoms with E-state index in [0.717, 1.165) is 29.5 Å². The van der Waals surface area contributed by atoms with Gasteiger partial charge in [0.1, 0.15) is 18.7 Å². The molecular formula is C37H46ClN5O7. The molecule has 12 nitrogen and oxygen atoms in total. The molecule has 4 atom stereocenters. The summed E-state index contributed by atoms with van der Waals surface area (Å²) in [5, 5.41) is 13.1. The molecule has 2 aromatic carbocycles. The van der Waals surface area contributed by atoms with Crippen LogP contribution in [-0.4, -0.2) is 76.5 Å². The number of amides is 4. The molecule has 3 N–H and O–H groups in total. The fraction of sp³-hybridized carbons (Fsp3) is 0.514. The number of nitrogens with one attached hydrogen (secondary N) is 3. The van der Waals surface area contributed by atoms with Crippen molar-refractivity contribution in [3.63, 3.8) is 0 Å². The molecule has 1 saturated carbocycles. The molecule has 50 heavy (non-hydrogen) atoms. The van der Waals surface area contributed by atoms with Crippen molar-refractivity contribution in [3.8, 4) is 0 Å². The maximum atomic E-state index is 14.5. The van der Waals surface area contributed by atoms with E-state index >= 15 is 0 Å². The molecule has 4 amide bonds. The van der Waals surface area contributed by atoms with Gasteiger partial charge in [0, 0.05) is 29.5 Å². The topological polar surface area (TPSA) is 156 Å². The van der Waals surface area contributed by atoms with E-state index in [1.165, 1.54) is 4.90 Å². The van der Waals surface area contributed by atoms with Crippen LogP contribution in [0.1, 0.15) is 82.9 Å². The van der Waals surface area contributed by atoms with Crippen molar-refractivity contribution in [3.05, 3.63) is 70.2 Å². The van der Waals surface area contributed by atoms with Crippen molar-refractivity contribution >= 4 is 46.9 Å². The zero-order valence-electron chi connectivity index (χ0n) is 29.2. The Morgan fingerprint density at radius 3 is 2.48 bits per heavy atom. The number of aryl methyl sites for hydroxylation is 1. The Morgan fingerprint density at radius 2 is 1.82 bits per heavy atom. The number of oxime groups is 1. The number of carbonyl (C=O) groups excluding carboxylic acids is 5. The number of ketones is 1. The van der Waals surface area contributed by atoms with Crippen molar-refractivity contribution < 1.29 is 33.5 Å². The third kappa shape index (κ3) is 9.01. The molecule has 2 heterocycles. The van der Waals surface area contributed by atoms with Gasteiger partial charge in [0.2, 0.25) is 17.6 Å². The first kappa shape index (κ1) is 36.8. The zero-order chi connectivity index (χ0) is 36.2. The number of rotatable bonds is 12. The maximum Gasteiger partial charge on any atom is 0.408 e. The number of carbonyl (C=O) groups is 5. The number of Topliss-reactive ketones (excluding diaryl/α,β-unsaturated/α-hetero) is 1. The molecule has 1 aliphatic carbocycles. The van der Waals surface area contributed by atoms with Gasteiger partial charge in [-0.25, -0.2) is 4.79 Å². The normalized spacial score (nSPS) is 21.1. The summed E-state index contributed by atoms with van der Waals surface area (Å²) >= 11 is 6.24. The van der Waals surface area contributed by atoms with E-state index in [1.54, 1.807) is 39.0 Å². The monoisotopic (exact) mass is 707 g/mol. The lowest BCUT2D eigenvalue weighted by atomic mass is 9.85. The van der Waals surface area contributed by atoms with Crippen LogP contribution in [0.2, 0.25) is 5.02 Å². The van der Waals surface area contributed by atoms with E-state index in [0.29, 0.717) is 17.2 Å². The summed E-state index contributed by atoms with van der Waals surface area (Å²) in [5.41, 5.74) is 1.33. The number of hydrogen-bond acceptors (Lipinski definition) is 8. The fourth-order valence-electron chi connectivity index (χ4n) is 6.34.